The summed E-state index contributed by atoms with van der Waals surface area (Å²) in [6.45, 7) is 17.9. The summed E-state index contributed by atoms with van der Waals surface area (Å²) in [7, 11) is 1.92. The van der Waals surface area contributed by atoms with Gasteiger partial charge >= 0.3 is 11.9 Å². The van der Waals surface area contributed by atoms with Gasteiger partial charge in [-0.15, -0.1) is 0 Å². The minimum absolute atomic E-state index is 0.0963. The molecule has 0 aliphatic rings. The second-order valence-corrected chi connectivity index (χ2v) is 8.81. The minimum Gasteiger partial charge on any atom is -0.464 e. The summed E-state index contributed by atoms with van der Waals surface area (Å²) in [6, 6.07) is 0. The molecule has 0 fully saturated rings. The molecule has 0 aromatic rings. The molecule has 0 amide bonds. The van der Waals surface area contributed by atoms with Crippen molar-refractivity contribution < 1.29 is 19.1 Å². The van der Waals surface area contributed by atoms with Gasteiger partial charge in [-0.1, -0.05) is 55.4 Å². The molecule has 0 rings (SSSR count). The van der Waals surface area contributed by atoms with Gasteiger partial charge in [0.25, 0.3) is 0 Å². The maximum Gasteiger partial charge on any atom is 0.309 e. The number of rotatable bonds is 8. The molecule has 0 bridgehead atoms. The third-order valence-corrected chi connectivity index (χ3v) is 4.74. The summed E-state index contributed by atoms with van der Waals surface area (Å²) < 4.78 is 10.6. The van der Waals surface area contributed by atoms with Crippen LogP contribution in [0, 0.1) is 22.7 Å². The van der Waals surface area contributed by atoms with Crippen LogP contribution >= 0.6 is 0 Å². The number of esters is 2. The van der Waals surface area contributed by atoms with Crippen molar-refractivity contribution in [1.82, 2.24) is 4.90 Å². The van der Waals surface area contributed by atoms with Crippen molar-refractivity contribution in [2.45, 2.75) is 55.4 Å². The predicted octanol–water partition coefficient (Wildman–Crippen LogP) is 3.37. The van der Waals surface area contributed by atoms with Gasteiger partial charge in [-0.2, -0.15) is 0 Å². The molecular formula is C19H37NO4. The summed E-state index contributed by atoms with van der Waals surface area (Å²) in [4.78, 5) is 25.9. The Bertz CT molecular complexity index is 369. The maximum absolute atomic E-state index is 11.9. The first kappa shape index (κ1) is 22.9. The zero-order chi connectivity index (χ0) is 19.1. The summed E-state index contributed by atoms with van der Waals surface area (Å²) in [5.41, 5.74) is -0.193. The molecule has 0 aliphatic heterocycles. The van der Waals surface area contributed by atoms with Gasteiger partial charge in [-0.25, -0.2) is 0 Å². The van der Waals surface area contributed by atoms with Gasteiger partial charge in [0.15, 0.2) is 0 Å². The van der Waals surface area contributed by atoms with Crippen molar-refractivity contribution in [2.24, 2.45) is 22.7 Å². The van der Waals surface area contributed by atoms with Crippen LogP contribution in [-0.2, 0) is 19.1 Å². The SMILES string of the molecule is CC(C(=O)OCCN(C)CCOC(=O)C(C)C(C)(C)C)C(C)(C)C. The van der Waals surface area contributed by atoms with Crippen LogP contribution < -0.4 is 0 Å². The second-order valence-electron chi connectivity index (χ2n) is 8.81. The smallest absolute Gasteiger partial charge is 0.309 e. The van der Waals surface area contributed by atoms with Gasteiger partial charge in [0.1, 0.15) is 13.2 Å². The molecule has 2 unspecified atom stereocenters. The molecule has 0 N–H and O–H groups in total. The Balaban J connectivity index is 3.99. The fourth-order valence-electron chi connectivity index (χ4n) is 1.67. The molecule has 0 aliphatic carbocycles. The molecule has 2 atom stereocenters. The highest BCUT2D eigenvalue weighted by Gasteiger charge is 2.29. The zero-order valence-electron chi connectivity index (χ0n) is 17.1. The van der Waals surface area contributed by atoms with E-state index < -0.39 is 0 Å². The fraction of sp³-hybridized carbons (Fsp3) is 0.895. The molecule has 142 valence electrons. The Morgan fingerprint density at radius 2 is 1.08 bits per heavy atom. The van der Waals surface area contributed by atoms with Gasteiger partial charge in [0.2, 0.25) is 0 Å². The topological polar surface area (TPSA) is 55.8 Å². The Hall–Kier alpha value is -1.10. The van der Waals surface area contributed by atoms with Gasteiger partial charge in [-0.05, 0) is 17.9 Å². The fourth-order valence-corrected chi connectivity index (χ4v) is 1.67. The molecule has 0 saturated heterocycles. The summed E-state index contributed by atoms with van der Waals surface area (Å²) >= 11 is 0. The number of hydrogen-bond acceptors (Lipinski definition) is 5. The van der Waals surface area contributed by atoms with Crippen molar-refractivity contribution in [2.75, 3.05) is 33.4 Å². The van der Waals surface area contributed by atoms with Gasteiger partial charge < -0.3 is 9.47 Å². The third kappa shape index (κ3) is 8.67. The van der Waals surface area contributed by atoms with Crippen molar-refractivity contribution in [3.8, 4) is 0 Å². The van der Waals surface area contributed by atoms with E-state index in [1.807, 2.05) is 67.3 Å². The van der Waals surface area contributed by atoms with E-state index in [4.69, 9.17) is 9.47 Å². The third-order valence-electron chi connectivity index (χ3n) is 4.74. The van der Waals surface area contributed by atoms with Crippen LogP contribution in [0.3, 0.4) is 0 Å². The molecule has 0 aromatic heterocycles. The highest BCUT2D eigenvalue weighted by atomic mass is 16.5. The molecule has 0 spiro atoms. The largest absolute Gasteiger partial charge is 0.464 e. The van der Waals surface area contributed by atoms with Crippen LogP contribution in [0.25, 0.3) is 0 Å². The number of hydrogen-bond donors (Lipinski definition) is 0. The number of carbonyl (C=O) groups is 2. The molecule has 5 heteroatoms. The van der Waals surface area contributed by atoms with Gasteiger partial charge in [-0.3, -0.25) is 14.5 Å². The molecule has 0 aromatic carbocycles. The van der Waals surface area contributed by atoms with Crippen LogP contribution in [0.1, 0.15) is 55.4 Å². The number of nitrogens with zero attached hydrogens (tertiary/aromatic N) is 1. The zero-order valence-corrected chi connectivity index (χ0v) is 17.1. The average molecular weight is 344 g/mol. The molecule has 24 heavy (non-hydrogen) atoms. The number of carbonyl (C=O) groups excluding carboxylic acids is 2. The Labute approximate surface area is 148 Å². The lowest BCUT2D eigenvalue weighted by molar-refractivity contribution is -0.152. The van der Waals surface area contributed by atoms with Crippen molar-refractivity contribution in [3.05, 3.63) is 0 Å². The highest BCUT2D eigenvalue weighted by Crippen LogP contribution is 2.26. The molecule has 0 heterocycles. The van der Waals surface area contributed by atoms with E-state index in [9.17, 15) is 9.59 Å². The molecule has 0 saturated carbocycles. The Kier molecular flexibility index (Phi) is 8.97. The standard InChI is InChI=1S/C19H37NO4/c1-14(18(3,4)5)16(21)23-12-10-20(9)11-13-24-17(22)15(2)19(6,7)8/h14-15H,10-13H2,1-9H3. The van der Waals surface area contributed by atoms with Crippen molar-refractivity contribution >= 4 is 11.9 Å². The summed E-state index contributed by atoms with van der Waals surface area (Å²) in [6.07, 6.45) is 0. The van der Waals surface area contributed by atoms with Gasteiger partial charge in [0.05, 0.1) is 11.8 Å². The minimum atomic E-state index is -0.165. The Morgan fingerprint density at radius 1 is 0.792 bits per heavy atom. The summed E-state index contributed by atoms with van der Waals surface area (Å²) in [5.74, 6) is -0.604. The Morgan fingerprint density at radius 3 is 1.33 bits per heavy atom. The first-order valence-electron chi connectivity index (χ1n) is 8.78. The van der Waals surface area contributed by atoms with Crippen molar-refractivity contribution in [3.63, 3.8) is 0 Å². The predicted molar refractivity (Wildman–Crippen MR) is 96.7 cm³/mol. The van der Waals surface area contributed by atoms with E-state index >= 15 is 0 Å². The van der Waals surface area contributed by atoms with E-state index in [0.29, 0.717) is 26.3 Å². The molecular weight excluding hydrogens is 306 g/mol. The normalized spacial score (nSPS) is 15.1. The van der Waals surface area contributed by atoms with Crippen LogP contribution in [0.5, 0.6) is 0 Å². The van der Waals surface area contributed by atoms with E-state index in [-0.39, 0.29) is 34.6 Å². The number of ether oxygens (including phenoxy) is 2. The first-order valence-corrected chi connectivity index (χ1v) is 8.78. The summed E-state index contributed by atoms with van der Waals surface area (Å²) in [5, 5.41) is 0. The highest BCUT2D eigenvalue weighted by molar-refractivity contribution is 5.73. The van der Waals surface area contributed by atoms with E-state index in [2.05, 4.69) is 0 Å². The van der Waals surface area contributed by atoms with Crippen LogP contribution in [0.2, 0.25) is 0 Å². The van der Waals surface area contributed by atoms with E-state index in [0.717, 1.165) is 0 Å². The quantitative estimate of drug-likeness (QED) is 0.633. The lowest BCUT2D eigenvalue weighted by Gasteiger charge is -2.26. The lowest BCUT2D eigenvalue weighted by Crippen LogP contribution is -2.33. The lowest BCUT2D eigenvalue weighted by atomic mass is 9.82. The number of likely N-dealkylation sites (N-methyl/N-ethyl adjacent to an activating group) is 1. The first-order chi connectivity index (χ1) is 10.8. The van der Waals surface area contributed by atoms with Crippen LogP contribution in [0.15, 0.2) is 0 Å². The second kappa shape index (κ2) is 9.40. The maximum atomic E-state index is 11.9. The average Bonchev–Trinajstić information content (AvgIpc) is 2.43. The van der Waals surface area contributed by atoms with Gasteiger partial charge in [0, 0.05) is 13.1 Å². The van der Waals surface area contributed by atoms with Crippen molar-refractivity contribution in [1.29, 1.82) is 0 Å². The molecule has 0 radical (unpaired) electrons. The van der Waals surface area contributed by atoms with E-state index in [1.54, 1.807) is 0 Å². The van der Waals surface area contributed by atoms with Crippen LogP contribution in [-0.4, -0.2) is 50.2 Å². The molecule has 5 nitrogen and oxygen atoms in total. The van der Waals surface area contributed by atoms with E-state index in [1.165, 1.54) is 0 Å². The monoisotopic (exact) mass is 343 g/mol. The van der Waals surface area contributed by atoms with Crippen LogP contribution in [0.4, 0.5) is 0 Å².